The fraction of sp³-hybridized carbons (Fsp3) is 0.227. The Morgan fingerprint density at radius 3 is 2.67 bits per heavy atom. The van der Waals surface area contributed by atoms with Crippen LogP contribution >= 0.6 is 11.3 Å². The van der Waals surface area contributed by atoms with Crippen LogP contribution < -0.4 is 10.2 Å². The molecule has 0 aliphatic carbocycles. The zero-order valence-corrected chi connectivity index (χ0v) is 17.4. The van der Waals surface area contributed by atoms with Crippen molar-refractivity contribution in [2.24, 2.45) is 0 Å². The smallest absolute Gasteiger partial charge is 0.274 e. The SMILES string of the molecule is Cc1cc(C(=O)Nc2ccc(N3CCOCC3)cc2)nc2cc(-c3cccs3)nn12. The Morgan fingerprint density at radius 1 is 1.13 bits per heavy atom. The van der Waals surface area contributed by atoms with Crippen LogP contribution in [0.5, 0.6) is 0 Å². The maximum absolute atomic E-state index is 12.8. The van der Waals surface area contributed by atoms with Crippen LogP contribution in [-0.4, -0.2) is 46.8 Å². The quantitative estimate of drug-likeness (QED) is 0.544. The second kappa shape index (κ2) is 7.89. The highest BCUT2D eigenvalue weighted by molar-refractivity contribution is 7.13. The van der Waals surface area contributed by atoms with E-state index in [-0.39, 0.29) is 5.91 Å². The van der Waals surface area contributed by atoms with Crippen LogP contribution in [-0.2, 0) is 4.74 Å². The van der Waals surface area contributed by atoms with E-state index in [4.69, 9.17) is 4.74 Å². The summed E-state index contributed by atoms with van der Waals surface area (Å²) in [6, 6.07) is 15.6. The predicted octanol–water partition coefficient (Wildman–Crippen LogP) is 3.86. The van der Waals surface area contributed by atoms with Crippen LogP contribution in [0.4, 0.5) is 11.4 Å². The minimum atomic E-state index is -0.237. The van der Waals surface area contributed by atoms with Gasteiger partial charge in [0.05, 0.1) is 18.1 Å². The van der Waals surface area contributed by atoms with Gasteiger partial charge in [0.2, 0.25) is 0 Å². The van der Waals surface area contributed by atoms with Gasteiger partial charge in [0.15, 0.2) is 5.65 Å². The van der Waals surface area contributed by atoms with Crippen molar-refractivity contribution in [3.8, 4) is 10.6 Å². The molecule has 152 valence electrons. The fourth-order valence-electron chi connectivity index (χ4n) is 3.56. The molecule has 1 fully saturated rings. The van der Waals surface area contributed by atoms with Gasteiger partial charge in [-0.05, 0) is 48.7 Å². The molecule has 1 saturated heterocycles. The summed E-state index contributed by atoms with van der Waals surface area (Å²) in [5.41, 5.74) is 4.62. The number of ether oxygens (including phenoxy) is 1. The highest BCUT2D eigenvalue weighted by Gasteiger charge is 2.15. The number of thiophene rings is 1. The Kier molecular flexibility index (Phi) is 4.94. The third kappa shape index (κ3) is 3.67. The lowest BCUT2D eigenvalue weighted by molar-refractivity contribution is 0.102. The van der Waals surface area contributed by atoms with Gasteiger partial charge >= 0.3 is 0 Å². The number of aromatic nitrogens is 3. The molecule has 1 aliphatic heterocycles. The molecular weight excluding hydrogens is 398 g/mol. The molecule has 4 aromatic rings. The minimum Gasteiger partial charge on any atom is -0.378 e. The first-order valence-electron chi connectivity index (χ1n) is 9.83. The molecule has 7 nitrogen and oxygen atoms in total. The van der Waals surface area contributed by atoms with Crippen molar-refractivity contribution in [1.82, 2.24) is 14.6 Å². The van der Waals surface area contributed by atoms with Gasteiger partial charge in [-0.1, -0.05) is 6.07 Å². The van der Waals surface area contributed by atoms with E-state index in [0.717, 1.165) is 53.9 Å². The Bertz CT molecular complexity index is 1180. The average Bonchev–Trinajstić information content (AvgIpc) is 3.45. The minimum absolute atomic E-state index is 0.237. The van der Waals surface area contributed by atoms with Crippen molar-refractivity contribution in [2.45, 2.75) is 6.92 Å². The van der Waals surface area contributed by atoms with Crippen molar-refractivity contribution in [3.63, 3.8) is 0 Å². The zero-order chi connectivity index (χ0) is 20.5. The largest absolute Gasteiger partial charge is 0.378 e. The molecule has 1 aromatic carbocycles. The number of anilines is 2. The van der Waals surface area contributed by atoms with Crippen LogP contribution in [0.1, 0.15) is 16.2 Å². The molecule has 30 heavy (non-hydrogen) atoms. The molecule has 0 bridgehead atoms. The molecule has 0 radical (unpaired) electrons. The highest BCUT2D eigenvalue weighted by Crippen LogP contribution is 2.25. The summed E-state index contributed by atoms with van der Waals surface area (Å²) in [5.74, 6) is -0.237. The van der Waals surface area contributed by atoms with Gasteiger partial charge in [0.1, 0.15) is 11.4 Å². The van der Waals surface area contributed by atoms with E-state index in [1.54, 1.807) is 21.9 Å². The van der Waals surface area contributed by atoms with Crippen LogP contribution in [0, 0.1) is 6.92 Å². The third-order valence-electron chi connectivity index (χ3n) is 5.11. The summed E-state index contributed by atoms with van der Waals surface area (Å²) >= 11 is 1.63. The van der Waals surface area contributed by atoms with Gasteiger partial charge in [0.25, 0.3) is 5.91 Å². The van der Waals surface area contributed by atoms with Crippen LogP contribution in [0.25, 0.3) is 16.2 Å². The molecule has 0 atom stereocenters. The predicted molar refractivity (Wildman–Crippen MR) is 118 cm³/mol. The summed E-state index contributed by atoms with van der Waals surface area (Å²) in [7, 11) is 0. The van der Waals surface area contributed by atoms with E-state index >= 15 is 0 Å². The van der Waals surface area contributed by atoms with E-state index in [0.29, 0.717) is 11.3 Å². The van der Waals surface area contributed by atoms with Crippen LogP contribution in [0.15, 0.2) is 53.9 Å². The molecule has 1 amide bonds. The Balaban J connectivity index is 1.35. The molecule has 1 N–H and O–H groups in total. The summed E-state index contributed by atoms with van der Waals surface area (Å²) in [5, 5.41) is 9.57. The second-order valence-electron chi connectivity index (χ2n) is 7.16. The molecular formula is C22H21N5O2S. The normalized spacial score (nSPS) is 14.2. The first kappa shape index (κ1) is 18.8. The number of benzene rings is 1. The van der Waals surface area contributed by atoms with Crippen LogP contribution in [0.2, 0.25) is 0 Å². The second-order valence-corrected chi connectivity index (χ2v) is 8.11. The number of nitrogens with zero attached hydrogens (tertiary/aromatic N) is 4. The van der Waals surface area contributed by atoms with Crippen molar-refractivity contribution in [2.75, 3.05) is 36.5 Å². The average molecular weight is 420 g/mol. The van der Waals surface area contributed by atoms with Crippen molar-refractivity contribution in [3.05, 3.63) is 65.3 Å². The van der Waals surface area contributed by atoms with E-state index in [1.807, 2.05) is 54.8 Å². The van der Waals surface area contributed by atoms with Gasteiger partial charge in [-0.3, -0.25) is 4.79 Å². The van der Waals surface area contributed by atoms with Crippen molar-refractivity contribution < 1.29 is 9.53 Å². The third-order valence-corrected chi connectivity index (χ3v) is 6.01. The van der Waals surface area contributed by atoms with E-state index < -0.39 is 0 Å². The Labute approximate surface area is 177 Å². The molecule has 1 aliphatic rings. The van der Waals surface area contributed by atoms with Gasteiger partial charge in [-0.25, -0.2) is 9.50 Å². The Morgan fingerprint density at radius 2 is 1.93 bits per heavy atom. The lowest BCUT2D eigenvalue weighted by atomic mass is 10.2. The molecule has 0 spiro atoms. The number of hydrogen-bond donors (Lipinski definition) is 1. The number of aryl methyl sites for hydroxylation is 1. The number of amides is 1. The number of hydrogen-bond acceptors (Lipinski definition) is 6. The maximum atomic E-state index is 12.8. The summed E-state index contributed by atoms with van der Waals surface area (Å²) in [6.07, 6.45) is 0. The van der Waals surface area contributed by atoms with Crippen LogP contribution in [0.3, 0.4) is 0 Å². The van der Waals surface area contributed by atoms with Crippen molar-refractivity contribution in [1.29, 1.82) is 0 Å². The number of fused-ring (bicyclic) bond motifs is 1. The number of carbonyl (C=O) groups is 1. The molecule has 3 aromatic heterocycles. The zero-order valence-electron chi connectivity index (χ0n) is 16.5. The Hall–Kier alpha value is -3.23. The highest BCUT2D eigenvalue weighted by atomic mass is 32.1. The standard InChI is InChI=1S/C22H21N5O2S/c1-15-13-19(24-21-14-18(25-27(15)21)20-3-2-12-30-20)22(28)23-16-4-6-17(7-5-16)26-8-10-29-11-9-26/h2-7,12-14H,8-11H2,1H3,(H,23,28). The van der Waals surface area contributed by atoms with E-state index in [9.17, 15) is 4.79 Å². The molecule has 8 heteroatoms. The first-order chi connectivity index (χ1) is 14.7. The number of carbonyl (C=O) groups excluding carboxylic acids is 1. The van der Waals surface area contributed by atoms with E-state index in [1.165, 1.54) is 0 Å². The first-order valence-corrected chi connectivity index (χ1v) is 10.7. The topological polar surface area (TPSA) is 71.8 Å². The number of rotatable bonds is 4. The lowest BCUT2D eigenvalue weighted by Crippen LogP contribution is -2.36. The molecule has 5 rings (SSSR count). The van der Waals surface area contributed by atoms with Gasteiger partial charge in [-0.15, -0.1) is 11.3 Å². The molecule has 0 unspecified atom stereocenters. The maximum Gasteiger partial charge on any atom is 0.274 e. The van der Waals surface area contributed by atoms with Crippen molar-refractivity contribution >= 4 is 34.3 Å². The molecule has 4 heterocycles. The molecule has 0 saturated carbocycles. The van der Waals surface area contributed by atoms with Gasteiger partial charge < -0.3 is 15.0 Å². The van der Waals surface area contributed by atoms with Gasteiger partial charge in [0, 0.05) is 36.2 Å². The summed E-state index contributed by atoms with van der Waals surface area (Å²) in [6.45, 7) is 5.18. The number of nitrogens with one attached hydrogen (secondary N) is 1. The summed E-state index contributed by atoms with van der Waals surface area (Å²) < 4.78 is 7.16. The van der Waals surface area contributed by atoms with Gasteiger partial charge in [-0.2, -0.15) is 5.10 Å². The monoisotopic (exact) mass is 419 g/mol. The van der Waals surface area contributed by atoms with E-state index in [2.05, 4.69) is 20.3 Å². The fourth-order valence-corrected chi connectivity index (χ4v) is 4.24. The lowest BCUT2D eigenvalue weighted by Gasteiger charge is -2.28. The number of morpholine rings is 1. The summed E-state index contributed by atoms with van der Waals surface area (Å²) in [4.78, 5) is 20.7.